The van der Waals surface area contributed by atoms with Crippen LogP contribution in [0.2, 0.25) is 10.0 Å². The van der Waals surface area contributed by atoms with Crippen LogP contribution in [-0.2, 0) is 0 Å². The Morgan fingerprint density at radius 1 is 1.25 bits per heavy atom. The van der Waals surface area contributed by atoms with E-state index < -0.39 is 0 Å². The molecule has 0 bridgehead atoms. The summed E-state index contributed by atoms with van der Waals surface area (Å²) >= 11 is 17.1. The van der Waals surface area contributed by atoms with E-state index in [4.69, 9.17) is 35.4 Å². The van der Waals surface area contributed by atoms with Crippen molar-refractivity contribution in [2.45, 2.75) is 38.1 Å². The summed E-state index contributed by atoms with van der Waals surface area (Å²) in [6.07, 6.45) is 7.84. The van der Waals surface area contributed by atoms with Crippen molar-refractivity contribution in [3.05, 3.63) is 33.8 Å². The largest absolute Gasteiger partial charge is 0.359 e. The van der Waals surface area contributed by atoms with Gasteiger partial charge < -0.3 is 5.32 Å². The molecular formula is C14H17Cl2N3S. The third-order valence-corrected chi connectivity index (χ3v) is 4.04. The van der Waals surface area contributed by atoms with E-state index in [1.54, 1.807) is 18.3 Å². The lowest BCUT2D eigenvalue weighted by atomic mass is 9.96. The summed E-state index contributed by atoms with van der Waals surface area (Å²) in [5, 5.41) is 9.10. The molecule has 2 N–H and O–H groups in total. The predicted molar refractivity (Wildman–Crippen MR) is 89.8 cm³/mol. The van der Waals surface area contributed by atoms with Gasteiger partial charge in [0.2, 0.25) is 0 Å². The Kier molecular flexibility index (Phi) is 6.07. The summed E-state index contributed by atoms with van der Waals surface area (Å²) < 4.78 is 0. The zero-order chi connectivity index (χ0) is 14.4. The number of nitrogens with zero attached hydrogens (tertiary/aromatic N) is 1. The van der Waals surface area contributed by atoms with Crippen molar-refractivity contribution in [2.75, 3.05) is 0 Å². The van der Waals surface area contributed by atoms with E-state index in [0.29, 0.717) is 21.2 Å². The zero-order valence-electron chi connectivity index (χ0n) is 11.0. The van der Waals surface area contributed by atoms with Crippen molar-refractivity contribution in [1.82, 2.24) is 10.7 Å². The fourth-order valence-corrected chi connectivity index (χ4v) is 2.91. The molecule has 1 aliphatic rings. The Bertz CT molecular complexity index is 499. The van der Waals surface area contributed by atoms with Crippen LogP contribution in [0.1, 0.15) is 37.7 Å². The maximum Gasteiger partial charge on any atom is 0.187 e. The smallest absolute Gasteiger partial charge is 0.187 e. The van der Waals surface area contributed by atoms with E-state index in [-0.39, 0.29) is 0 Å². The van der Waals surface area contributed by atoms with E-state index in [1.165, 1.54) is 32.1 Å². The van der Waals surface area contributed by atoms with Crippen molar-refractivity contribution in [3.8, 4) is 0 Å². The SMILES string of the molecule is S=C(N/N=C/c1ccc(Cl)cc1Cl)NC1CCCCC1. The minimum atomic E-state index is 0.470. The number of halogens is 2. The molecule has 0 radical (unpaired) electrons. The molecular weight excluding hydrogens is 313 g/mol. The molecule has 6 heteroatoms. The molecule has 1 aliphatic carbocycles. The summed E-state index contributed by atoms with van der Waals surface area (Å²) in [7, 11) is 0. The van der Waals surface area contributed by atoms with E-state index in [2.05, 4.69) is 15.8 Å². The molecule has 3 nitrogen and oxygen atoms in total. The van der Waals surface area contributed by atoms with Crippen molar-refractivity contribution >= 4 is 46.7 Å². The number of hydrazone groups is 1. The van der Waals surface area contributed by atoms with Gasteiger partial charge in [0.05, 0.1) is 11.2 Å². The number of thiocarbonyl (C=S) groups is 1. The molecule has 1 aromatic carbocycles. The van der Waals surface area contributed by atoms with Crippen molar-refractivity contribution in [1.29, 1.82) is 0 Å². The van der Waals surface area contributed by atoms with Crippen molar-refractivity contribution < 1.29 is 0 Å². The summed E-state index contributed by atoms with van der Waals surface area (Å²) in [4.78, 5) is 0. The first kappa shape index (κ1) is 15.5. The lowest BCUT2D eigenvalue weighted by Crippen LogP contribution is -2.40. The van der Waals surface area contributed by atoms with Crippen LogP contribution in [0.5, 0.6) is 0 Å². The average Bonchev–Trinajstić information content (AvgIpc) is 2.42. The molecule has 0 atom stereocenters. The first-order valence-electron chi connectivity index (χ1n) is 6.70. The van der Waals surface area contributed by atoms with Gasteiger partial charge in [-0.3, -0.25) is 5.43 Å². The average molecular weight is 330 g/mol. The Hall–Kier alpha value is -0.840. The highest BCUT2D eigenvalue weighted by atomic mass is 35.5. The highest BCUT2D eigenvalue weighted by Gasteiger charge is 2.13. The second kappa shape index (κ2) is 7.81. The third-order valence-electron chi connectivity index (χ3n) is 3.27. The normalized spacial score (nSPS) is 16.3. The molecule has 20 heavy (non-hydrogen) atoms. The summed E-state index contributed by atoms with van der Waals surface area (Å²) in [5.74, 6) is 0. The molecule has 1 saturated carbocycles. The van der Waals surface area contributed by atoms with Crippen LogP contribution in [0.4, 0.5) is 0 Å². The second-order valence-electron chi connectivity index (χ2n) is 4.84. The minimum absolute atomic E-state index is 0.470. The van der Waals surface area contributed by atoms with Crippen molar-refractivity contribution in [2.24, 2.45) is 5.10 Å². The minimum Gasteiger partial charge on any atom is -0.359 e. The van der Waals surface area contributed by atoms with E-state index in [0.717, 1.165) is 5.56 Å². The Balaban J connectivity index is 1.81. The third kappa shape index (κ3) is 4.93. The van der Waals surface area contributed by atoms with Gasteiger partial charge in [0.25, 0.3) is 0 Å². The fourth-order valence-electron chi connectivity index (χ4n) is 2.23. The molecule has 0 aromatic heterocycles. The van der Waals surface area contributed by atoms with Gasteiger partial charge in [0.1, 0.15) is 0 Å². The zero-order valence-corrected chi connectivity index (χ0v) is 13.4. The van der Waals surface area contributed by atoms with Crippen LogP contribution in [-0.4, -0.2) is 17.4 Å². The van der Waals surface area contributed by atoms with Gasteiger partial charge in [-0.15, -0.1) is 0 Å². The highest BCUT2D eigenvalue weighted by Crippen LogP contribution is 2.19. The Morgan fingerprint density at radius 3 is 2.70 bits per heavy atom. The fraction of sp³-hybridized carbons (Fsp3) is 0.429. The molecule has 0 amide bonds. The van der Waals surface area contributed by atoms with Crippen LogP contribution in [0, 0.1) is 0 Å². The quantitative estimate of drug-likeness (QED) is 0.497. The van der Waals surface area contributed by atoms with Gasteiger partial charge in [-0.2, -0.15) is 5.10 Å². The van der Waals surface area contributed by atoms with Gasteiger partial charge in [0.15, 0.2) is 5.11 Å². The molecule has 1 aromatic rings. The predicted octanol–water partition coefficient (Wildman–Crippen LogP) is 4.12. The molecule has 0 unspecified atom stereocenters. The van der Waals surface area contributed by atoms with Gasteiger partial charge in [0, 0.05) is 16.6 Å². The number of hydrogen-bond acceptors (Lipinski definition) is 2. The number of hydrogen-bond donors (Lipinski definition) is 2. The van der Waals surface area contributed by atoms with Crippen molar-refractivity contribution in [3.63, 3.8) is 0 Å². The number of nitrogens with one attached hydrogen (secondary N) is 2. The summed E-state index contributed by atoms with van der Waals surface area (Å²) in [5.41, 5.74) is 3.61. The monoisotopic (exact) mass is 329 g/mol. The Labute approximate surface area is 134 Å². The molecule has 0 saturated heterocycles. The van der Waals surface area contributed by atoms with Crippen LogP contribution in [0.3, 0.4) is 0 Å². The molecule has 0 aliphatic heterocycles. The van der Waals surface area contributed by atoms with Crippen LogP contribution < -0.4 is 10.7 Å². The molecule has 0 spiro atoms. The molecule has 0 heterocycles. The second-order valence-corrected chi connectivity index (χ2v) is 6.10. The van der Waals surface area contributed by atoms with E-state index >= 15 is 0 Å². The molecule has 2 rings (SSSR count). The van der Waals surface area contributed by atoms with Crippen LogP contribution in [0.25, 0.3) is 0 Å². The lowest BCUT2D eigenvalue weighted by Gasteiger charge is -2.23. The van der Waals surface area contributed by atoms with Gasteiger partial charge in [-0.25, -0.2) is 0 Å². The first-order valence-corrected chi connectivity index (χ1v) is 7.86. The molecule has 1 fully saturated rings. The van der Waals surface area contributed by atoms with Crippen LogP contribution >= 0.6 is 35.4 Å². The lowest BCUT2D eigenvalue weighted by molar-refractivity contribution is 0.412. The maximum absolute atomic E-state index is 6.05. The first-order chi connectivity index (χ1) is 9.65. The van der Waals surface area contributed by atoms with Crippen LogP contribution in [0.15, 0.2) is 23.3 Å². The number of rotatable bonds is 3. The summed E-state index contributed by atoms with van der Waals surface area (Å²) in [6, 6.07) is 5.74. The standard InChI is InChI=1S/C14H17Cl2N3S/c15-11-7-6-10(13(16)8-11)9-17-19-14(20)18-12-4-2-1-3-5-12/h6-9,12H,1-5H2,(H2,18,19,20)/b17-9+. The number of benzene rings is 1. The Morgan fingerprint density at radius 2 is 2.00 bits per heavy atom. The van der Waals surface area contributed by atoms with E-state index in [1.807, 2.05) is 6.07 Å². The summed E-state index contributed by atoms with van der Waals surface area (Å²) in [6.45, 7) is 0. The van der Waals surface area contributed by atoms with Gasteiger partial charge >= 0.3 is 0 Å². The van der Waals surface area contributed by atoms with E-state index in [9.17, 15) is 0 Å². The van der Waals surface area contributed by atoms with Gasteiger partial charge in [-0.1, -0.05) is 48.5 Å². The highest BCUT2D eigenvalue weighted by molar-refractivity contribution is 7.80. The van der Waals surface area contributed by atoms with Gasteiger partial charge in [-0.05, 0) is 37.2 Å². The topological polar surface area (TPSA) is 36.4 Å². The maximum atomic E-state index is 6.05. The molecule has 108 valence electrons.